The van der Waals surface area contributed by atoms with Crippen molar-refractivity contribution in [3.63, 3.8) is 0 Å². The van der Waals surface area contributed by atoms with Crippen molar-refractivity contribution in [1.29, 1.82) is 0 Å². The van der Waals surface area contributed by atoms with Gasteiger partial charge in [0.25, 0.3) is 10.0 Å². The molecule has 1 unspecified atom stereocenters. The number of benzene rings is 1. The highest BCUT2D eigenvalue weighted by molar-refractivity contribution is 7.91. The first-order chi connectivity index (χ1) is 15.0. The molecule has 0 aliphatic carbocycles. The number of sulfonamides is 1. The average molecular weight is 476 g/mol. The van der Waals surface area contributed by atoms with Crippen LogP contribution >= 0.6 is 22.7 Å². The van der Waals surface area contributed by atoms with E-state index in [1.54, 1.807) is 28.8 Å². The lowest BCUT2D eigenvalue weighted by Gasteiger charge is -2.38. The van der Waals surface area contributed by atoms with E-state index in [2.05, 4.69) is 6.07 Å². The zero-order chi connectivity index (χ0) is 21.4. The number of likely N-dealkylation sites (tertiary alicyclic amines) is 1. The standard InChI is InChI=1S/C22H25N3O3S3/c26-22(18-7-3-4-12-25(18)31(27,28)20-9-5-15-29-20)24-13-10-16(11-14-24)21-23-17-6-1-2-8-19(17)30-21/h1-2,5-6,8-9,15-16,18H,3-4,7,10-14H2. The number of amides is 1. The van der Waals surface area contributed by atoms with Crippen LogP contribution in [0.15, 0.2) is 46.0 Å². The van der Waals surface area contributed by atoms with Crippen LogP contribution in [-0.2, 0) is 14.8 Å². The summed E-state index contributed by atoms with van der Waals surface area (Å²) in [6.45, 7) is 1.73. The van der Waals surface area contributed by atoms with Crippen molar-refractivity contribution in [2.75, 3.05) is 19.6 Å². The van der Waals surface area contributed by atoms with Gasteiger partial charge in [-0.05, 0) is 49.3 Å². The molecule has 0 bridgehead atoms. The summed E-state index contributed by atoms with van der Waals surface area (Å²) < 4.78 is 29.2. The van der Waals surface area contributed by atoms with Crippen molar-refractivity contribution >= 4 is 48.8 Å². The van der Waals surface area contributed by atoms with E-state index in [1.165, 1.54) is 20.3 Å². The molecule has 6 nitrogen and oxygen atoms in total. The number of fused-ring (bicyclic) bond motifs is 1. The maximum atomic E-state index is 13.4. The zero-order valence-electron chi connectivity index (χ0n) is 17.1. The molecule has 2 saturated heterocycles. The lowest BCUT2D eigenvalue weighted by Crippen LogP contribution is -2.54. The van der Waals surface area contributed by atoms with Gasteiger partial charge < -0.3 is 4.90 Å². The number of hydrogen-bond acceptors (Lipinski definition) is 6. The molecular weight excluding hydrogens is 450 g/mol. The molecule has 2 fully saturated rings. The van der Waals surface area contributed by atoms with E-state index in [0.717, 1.165) is 36.2 Å². The summed E-state index contributed by atoms with van der Waals surface area (Å²) in [6, 6.07) is 11.0. The molecule has 5 rings (SSSR count). The van der Waals surface area contributed by atoms with Gasteiger partial charge in [0.2, 0.25) is 5.91 Å². The molecule has 164 valence electrons. The summed E-state index contributed by atoms with van der Waals surface area (Å²) in [4.78, 5) is 20.0. The van der Waals surface area contributed by atoms with Crippen molar-refractivity contribution in [3.8, 4) is 0 Å². The van der Waals surface area contributed by atoms with Crippen molar-refractivity contribution in [2.24, 2.45) is 0 Å². The maximum Gasteiger partial charge on any atom is 0.253 e. The van der Waals surface area contributed by atoms with Crippen LogP contribution in [0.2, 0.25) is 0 Å². The molecule has 0 N–H and O–H groups in total. The number of carbonyl (C=O) groups excluding carboxylic acids is 1. The predicted octanol–water partition coefficient (Wildman–Crippen LogP) is 4.31. The summed E-state index contributed by atoms with van der Waals surface area (Å²) in [5.41, 5.74) is 1.04. The van der Waals surface area contributed by atoms with Gasteiger partial charge in [-0.2, -0.15) is 4.31 Å². The molecule has 4 heterocycles. The first kappa shape index (κ1) is 21.1. The monoisotopic (exact) mass is 475 g/mol. The van der Waals surface area contributed by atoms with Crippen molar-refractivity contribution in [3.05, 3.63) is 46.8 Å². The van der Waals surface area contributed by atoms with E-state index < -0.39 is 16.1 Å². The Labute approximate surface area is 190 Å². The van der Waals surface area contributed by atoms with Gasteiger partial charge in [-0.15, -0.1) is 22.7 Å². The predicted molar refractivity (Wildman–Crippen MR) is 124 cm³/mol. The highest BCUT2D eigenvalue weighted by Crippen LogP contribution is 2.35. The number of para-hydroxylation sites is 1. The Bertz CT molecular complexity index is 1130. The van der Waals surface area contributed by atoms with Crippen LogP contribution in [0.1, 0.15) is 43.0 Å². The quantitative estimate of drug-likeness (QED) is 0.564. The molecule has 1 atom stereocenters. The second kappa shape index (κ2) is 8.61. The summed E-state index contributed by atoms with van der Waals surface area (Å²) in [5, 5.41) is 2.91. The van der Waals surface area contributed by atoms with Crippen LogP contribution in [-0.4, -0.2) is 54.2 Å². The number of carbonyl (C=O) groups is 1. The molecule has 2 aliphatic heterocycles. The minimum Gasteiger partial charge on any atom is -0.341 e. The van der Waals surface area contributed by atoms with Crippen molar-refractivity contribution < 1.29 is 13.2 Å². The molecular formula is C22H25N3O3S3. The van der Waals surface area contributed by atoms with E-state index >= 15 is 0 Å². The summed E-state index contributed by atoms with van der Waals surface area (Å²) in [7, 11) is -3.62. The van der Waals surface area contributed by atoms with Gasteiger partial charge in [0.15, 0.2) is 0 Å². The highest BCUT2D eigenvalue weighted by atomic mass is 32.2. The van der Waals surface area contributed by atoms with Crippen LogP contribution in [0, 0.1) is 0 Å². The van der Waals surface area contributed by atoms with E-state index in [-0.39, 0.29) is 5.91 Å². The van der Waals surface area contributed by atoms with E-state index in [1.807, 2.05) is 23.1 Å². The Morgan fingerprint density at radius 3 is 2.55 bits per heavy atom. The normalized spacial score (nSPS) is 21.5. The van der Waals surface area contributed by atoms with Crippen molar-refractivity contribution in [1.82, 2.24) is 14.2 Å². The molecule has 1 aromatic carbocycles. The van der Waals surface area contributed by atoms with Gasteiger partial charge in [0.05, 0.1) is 15.2 Å². The van der Waals surface area contributed by atoms with Gasteiger partial charge in [-0.1, -0.05) is 24.6 Å². The fraction of sp³-hybridized carbons (Fsp3) is 0.455. The lowest BCUT2D eigenvalue weighted by atomic mass is 9.96. The summed E-state index contributed by atoms with van der Waals surface area (Å²) in [5.74, 6) is 0.321. The Morgan fingerprint density at radius 2 is 1.81 bits per heavy atom. The SMILES string of the molecule is O=C(C1CCCCN1S(=O)(=O)c1cccs1)N1CCC(c2nc3ccccc3s2)CC1. The highest BCUT2D eigenvalue weighted by Gasteiger charge is 2.40. The third-order valence-electron chi connectivity index (χ3n) is 6.26. The van der Waals surface area contributed by atoms with Crippen LogP contribution in [0.3, 0.4) is 0 Å². The summed E-state index contributed by atoms with van der Waals surface area (Å²) in [6.07, 6.45) is 4.02. The third-order valence-corrected chi connectivity index (χ3v) is 10.7. The first-order valence-electron chi connectivity index (χ1n) is 10.7. The number of piperidine rings is 2. The molecule has 0 radical (unpaired) electrons. The van der Waals surface area contributed by atoms with Crippen LogP contribution in [0.25, 0.3) is 10.2 Å². The van der Waals surface area contributed by atoms with Gasteiger partial charge in [0, 0.05) is 25.6 Å². The van der Waals surface area contributed by atoms with Crippen LogP contribution in [0.5, 0.6) is 0 Å². The third kappa shape index (κ3) is 4.04. The molecule has 9 heteroatoms. The Hall–Kier alpha value is -1.81. The lowest BCUT2D eigenvalue weighted by molar-refractivity contribution is -0.137. The van der Waals surface area contributed by atoms with Crippen LogP contribution in [0.4, 0.5) is 0 Å². The zero-order valence-corrected chi connectivity index (χ0v) is 19.6. The van der Waals surface area contributed by atoms with E-state index in [9.17, 15) is 13.2 Å². The minimum absolute atomic E-state index is 0.0393. The number of thiazole rings is 1. The number of aromatic nitrogens is 1. The molecule has 2 aliphatic rings. The number of nitrogens with zero attached hydrogens (tertiary/aromatic N) is 3. The van der Waals surface area contributed by atoms with E-state index in [0.29, 0.717) is 36.2 Å². The fourth-order valence-electron chi connectivity index (χ4n) is 4.59. The second-order valence-electron chi connectivity index (χ2n) is 8.18. The molecule has 0 saturated carbocycles. The molecule has 0 spiro atoms. The molecule has 31 heavy (non-hydrogen) atoms. The molecule has 1 amide bonds. The van der Waals surface area contributed by atoms with Gasteiger partial charge in [-0.25, -0.2) is 13.4 Å². The fourth-order valence-corrected chi connectivity index (χ4v) is 8.49. The van der Waals surface area contributed by atoms with Crippen molar-refractivity contribution in [2.45, 2.75) is 48.3 Å². The largest absolute Gasteiger partial charge is 0.341 e. The Balaban J connectivity index is 1.29. The minimum atomic E-state index is -3.62. The van der Waals surface area contributed by atoms with E-state index in [4.69, 9.17) is 4.98 Å². The number of rotatable bonds is 4. The molecule has 3 aromatic rings. The smallest absolute Gasteiger partial charge is 0.253 e. The van der Waals surface area contributed by atoms with Gasteiger partial charge in [0.1, 0.15) is 10.3 Å². The maximum absolute atomic E-state index is 13.4. The average Bonchev–Trinajstić information content (AvgIpc) is 3.49. The second-order valence-corrected chi connectivity index (χ2v) is 12.3. The number of thiophene rings is 1. The van der Waals surface area contributed by atoms with Crippen LogP contribution < -0.4 is 0 Å². The first-order valence-corrected chi connectivity index (χ1v) is 13.9. The van der Waals surface area contributed by atoms with Gasteiger partial charge >= 0.3 is 0 Å². The van der Waals surface area contributed by atoms with Gasteiger partial charge in [-0.3, -0.25) is 4.79 Å². The number of hydrogen-bond donors (Lipinski definition) is 0. The summed E-state index contributed by atoms with van der Waals surface area (Å²) >= 11 is 2.95. The Morgan fingerprint density at radius 1 is 1.00 bits per heavy atom. The topological polar surface area (TPSA) is 70.6 Å². The molecule has 2 aromatic heterocycles. The Kier molecular flexibility index (Phi) is 5.85.